The van der Waals surface area contributed by atoms with Gasteiger partial charge in [0.05, 0.1) is 0 Å². The maximum Gasteiger partial charge on any atom is 0.314 e. The molecule has 1 aliphatic rings. The number of nitrogens with zero attached hydrogens (tertiary/aromatic N) is 1. The first kappa shape index (κ1) is 17.8. The number of hydrogen-bond acceptors (Lipinski definition) is 3. The fourth-order valence-electron chi connectivity index (χ4n) is 2.67. The van der Waals surface area contributed by atoms with Crippen molar-refractivity contribution in [2.75, 3.05) is 26.2 Å². The maximum atomic E-state index is 11.6. The van der Waals surface area contributed by atoms with E-state index in [0.717, 1.165) is 13.0 Å². The molecule has 2 amide bonds. The third-order valence-electron chi connectivity index (χ3n) is 3.98. The highest BCUT2D eigenvalue weighted by atomic mass is 16.4. The minimum Gasteiger partial charge on any atom is -0.481 e. The number of carbonyl (C=O) groups excluding carboxylic acids is 1. The van der Waals surface area contributed by atoms with Crippen LogP contribution >= 0.6 is 0 Å². The molecule has 1 rings (SSSR count). The number of urea groups is 1. The Morgan fingerprint density at radius 1 is 1.33 bits per heavy atom. The number of nitrogens with one attached hydrogen (secondary N) is 2. The quantitative estimate of drug-likeness (QED) is 0.595. The van der Waals surface area contributed by atoms with Crippen molar-refractivity contribution in [1.29, 1.82) is 0 Å². The van der Waals surface area contributed by atoms with E-state index in [1.165, 1.54) is 25.8 Å². The van der Waals surface area contributed by atoms with Gasteiger partial charge in [0, 0.05) is 32.1 Å². The van der Waals surface area contributed by atoms with Crippen molar-refractivity contribution in [3.63, 3.8) is 0 Å². The van der Waals surface area contributed by atoms with E-state index in [-0.39, 0.29) is 18.4 Å². The van der Waals surface area contributed by atoms with Crippen LogP contribution in [0, 0.1) is 5.92 Å². The summed E-state index contributed by atoms with van der Waals surface area (Å²) in [5.74, 6) is -0.886. The number of carboxylic acid groups (broad SMARTS) is 1. The first-order chi connectivity index (χ1) is 9.99. The van der Waals surface area contributed by atoms with E-state index >= 15 is 0 Å². The monoisotopic (exact) mass is 299 g/mol. The van der Waals surface area contributed by atoms with Crippen molar-refractivity contribution in [3.05, 3.63) is 0 Å². The van der Waals surface area contributed by atoms with Crippen molar-refractivity contribution < 1.29 is 14.7 Å². The van der Waals surface area contributed by atoms with Crippen LogP contribution in [0.5, 0.6) is 0 Å². The average Bonchev–Trinajstić information content (AvgIpc) is 2.42. The van der Waals surface area contributed by atoms with Crippen molar-refractivity contribution in [3.8, 4) is 0 Å². The molecule has 122 valence electrons. The lowest BCUT2D eigenvalue weighted by molar-refractivity contribution is -0.137. The fraction of sp³-hybridized carbons (Fsp3) is 0.867. The Morgan fingerprint density at radius 3 is 2.76 bits per heavy atom. The van der Waals surface area contributed by atoms with Crippen LogP contribution < -0.4 is 10.6 Å². The highest BCUT2D eigenvalue weighted by Crippen LogP contribution is 2.15. The number of piperidine rings is 1. The number of amides is 2. The molecule has 21 heavy (non-hydrogen) atoms. The molecule has 1 heterocycles. The molecule has 3 N–H and O–H groups in total. The van der Waals surface area contributed by atoms with Crippen molar-refractivity contribution in [2.45, 2.75) is 52.0 Å². The van der Waals surface area contributed by atoms with Crippen molar-refractivity contribution in [1.82, 2.24) is 15.5 Å². The predicted octanol–water partition coefficient (Wildman–Crippen LogP) is 1.66. The molecule has 0 radical (unpaired) electrons. The molecule has 0 aromatic rings. The van der Waals surface area contributed by atoms with E-state index in [9.17, 15) is 9.59 Å². The molecule has 6 heteroatoms. The number of carboxylic acids is 1. The summed E-state index contributed by atoms with van der Waals surface area (Å²) in [6.07, 6.45) is 4.90. The van der Waals surface area contributed by atoms with Crippen LogP contribution in [0.1, 0.15) is 46.0 Å². The van der Waals surface area contributed by atoms with E-state index in [0.29, 0.717) is 19.1 Å². The van der Waals surface area contributed by atoms with Gasteiger partial charge in [0.1, 0.15) is 0 Å². The molecule has 0 bridgehead atoms. The Hall–Kier alpha value is -1.30. The minimum absolute atomic E-state index is 0.0533. The molecule has 2 unspecified atom stereocenters. The topological polar surface area (TPSA) is 81.7 Å². The summed E-state index contributed by atoms with van der Waals surface area (Å²) in [6, 6.07) is 0.448. The molecule has 0 aromatic heterocycles. The molecule has 0 spiro atoms. The molecule has 0 aliphatic carbocycles. The van der Waals surface area contributed by atoms with Crippen molar-refractivity contribution in [2.24, 2.45) is 5.92 Å². The zero-order chi connectivity index (χ0) is 15.7. The summed E-state index contributed by atoms with van der Waals surface area (Å²) in [6.45, 7) is 7.32. The molecule has 2 atom stereocenters. The van der Waals surface area contributed by atoms with Gasteiger partial charge in [0.15, 0.2) is 0 Å². The third kappa shape index (κ3) is 7.90. The first-order valence-corrected chi connectivity index (χ1v) is 7.96. The Kier molecular flexibility index (Phi) is 8.12. The third-order valence-corrected chi connectivity index (χ3v) is 3.98. The Bertz CT molecular complexity index is 336. The lowest BCUT2D eigenvalue weighted by atomic mass is 10.0. The normalized spacial score (nSPS) is 20.8. The zero-order valence-electron chi connectivity index (χ0n) is 13.2. The lowest BCUT2D eigenvalue weighted by Crippen LogP contribution is -2.41. The van der Waals surface area contributed by atoms with Crippen LogP contribution in [0.15, 0.2) is 0 Å². The van der Waals surface area contributed by atoms with E-state index < -0.39 is 5.97 Å². The summed E-state index contributed by atoms with van der Waals surface area (Å²) in [5, 5.41) is 14.2. The largest absolute Gasteiger partial charge is 0.481 e. The fourth-order valence-corrected chi connectivity index (χ4v) is 2.67. The second-order valence-electron chi connectivity index (χ2n) is 6.07. The summed E-state index contributed by atoms with van der Waals surface area (Å²) < 4.78 is 0. The molecule has 1 fully saturated rings. The Morgan fingerprint density at radius 2 is 2.10 bits per heavy atom. The van der Waals surface area contributed by atoms with Gasteiger partial charge in [-0.05, 0) is 38.6 Å². The van der Waals surface area contributed by atoms with E-state index in [1.54, 1.807) is 0 Å². The second kappa shape index (κ2) is 9.60. The number of carbonyl (C=O) groups is 2. The van der Waals surface area contributed by atoms with E-state index in [4.69, 9.17) is 5.11 Å². The van der Waals surface area contributed by atoms with Gasteiger partial charge >= 0.3 is 12.0 Å². The molecule has 0 saturated carbocycles. The van der Waals surface area contributed by atoms with Gasteiger partial charge in [-0.3, -0.25) is 4.79 Å². The minimum atomic E-state index is -0.833. The van der Waals surface area contributed by atoms with Crippen molar-refractivity contribution >= 4 is 12.0 Å². The molecule has 1 saturated heterocycles. The van der Waals surface area contributed by atoms with Gasteiger partial charge < -0.3 is 20.6 Å². The zero-order valence-corrected chi connectivity index (χ0v) is 13.2. The maximum absolute atomic E-state index is 11.6. The number of likely N-dealkylation sites (tertiary alicyclic amines) is 1. The summed E-state index contributed by atoms with van der Waals surface area (Å²) in [5.41, 5.74) is 0. The van der Waals surface area contributed by atoms with E-state index in [1.807, 2.05) is 6.92 Å². The summed E-state index contributed by atoms with van der Waals surface area (Å²) in [4.78, 5) is 24.6. The SMILES string of the molecule is CC(CNC(=O)NCCCN1CCCCC1C)CC(=O)O. The van der Waals surface area contributed by atoms with Gasteiger partial charge in [-0.15, -0.1) is 0 Å². The number of rotatable bonds is 8. The first-order valence-electron chi connectivity index (χ1n) is 7.96. The summed E-state index contributed by atoms with van der Waals surface area (Å²) in [7, 11) is 0. The van der Waals surface area contributed by atoms with Crippen LogP contribution in [0.4, 0.5) is 4.79 Å². The van der Waals surface area contributed by atoms with Crippen LogP contribution in [-0.2, 0) is 4.79 Å². The number of aliphatic carboxylic acids is 1. The van der Waals surface area contributed by atoms with Gasteiger partial charge in [-0.25, -0.2) is 4.79 Å². The van der Waals surface area contributed by atoms with Crippen LogP contribution in [0.2, 0.25) is 0 Å². The molecule has 1 aliphatic heterocycles. The van der Waals surface area contributed by atoms with Crippen LogP contribution in [0.25, 0.3) is 0 Å². The van der Waals surface area contributed by atoms with Gasteiger partial charge in [0.25, 0.3) is 0 Å². The van der Waals surface area contributed by atoms with E-state index in [2.05, 4.69) is 22.5 Å². The average molecular weight is 299 g/mol. The predicted molar refractivity (Wildman–Crippen MR) is 82.3 cm³/mol. The Labute approximate surface area is 127 Å². The molecular weight excluding hydrogens is 270 g/mol. The molecule has 6 nitrogen and oxygen atoms in total. The molecule has 0 aromatic carbocycles. The summed E-state index contributed by atoms with van der Waals surface area (Å²) >= 11 is 0. The second-order valence-corrected chi connectivity index (χ2v) is 6.07. The molecular formula is C15H29N3O3. The van der Waals surface area contributed by atoms with Gasteiger partial charge in [0.2, 0.25) is 0 Å². The highest BCUT2D eigenvalue weighted by Gasteiger charge is 2.17. The van der Waals surface area contributed by atoms with Gasteiger partial charge in [-0.2, -0.15) is 0 Å². The standard InChI is InChI=1S/C15H29N3O3/c1-12(10-14(19)20)11-17-15(21)16-7-5-9-18-8-4-3-6-13(18)2/h12-13H,3-11H2,1-2H3,(H,19,20)(H2,16,17,21). The smallest absolute Gasteiger partial charge is 0.314 e. The van der Waals surface area contributed by atoms with Crippen LogP contribution in [0.3, 0.4) is 0 Å². The van der Waals surface area contributed by atoms with Gasteiger partial charge in [-0.1, -0.05) is 13.3 Å². The lowest BCUT2D eigenvalue weighted by Gasteiger charge is -2.33. The number of hydrogen-bond donors (Lipinski definition) is 3. The van der Waals surface area contributed by atoms with Crippen LogP contribution in [-0.4, -0.2) is 54.2 Å². The Balaban J connectivity index is 2.04. The highest BCUT2D eigenvalue weighted by molar-refractivity contribution is 5.73.